The molecule has 3 heteroatoms. The zero-order valence-electron chi connectivity index (χ0n) is 8.81. The van der Waals surface area contributed by atoms with E-state index in [1.807, 2.05) is 0 Å². The van der Waals surface area contributed by atoms with Gasteiger partial charge in [0.15, 0.2) is 0 Å². The highest BCUT2D eigenvalue weighted by atomic mass is 15.2. The van der Waals surface area contributed by atoms with Crippen molar-refractivity contribution in [2.24, 2.45) is 0 Å². The zero-order chi connectivity index (χ0) is 9.36. The Morgan fingerprint density at radius 3 is 3.00 bits per heavy atom. The molecular weight excluding hydrogens is 162 g/mol. The van der Waals surface area contributed by atoms with Crippen LogP contribution >= 0.6 is 0 Å². The SMILES string of the molecule is CCCNCCN1CCCNCC1. The van der Waals surface area contributed by atoms with Gasteiger partial charge in [-0.25, -0.2) is 0 Å². The molecule has 78 valence electrons. The van der Waals surface area contributed by atoms with Crippen LogP contribution in [0, 0.1) is 0 Å². The third kappa shape index (κ3) is 5.24. The van der Waals surface area contributed by atoms with Crippen molar-refractivity contribution in [2.45, 2.75) is 19.8 Å². The highest BCUT2D eigenvalue weighted by molar-refractivity contribution is 4.66. The third-order valence-electron chi connectivity index (χ3n) is 2.46. The fourth-order valence-corrected chi connectivity index (χ4v) is 1.66. The Labute approximate surface area is 81.9 Å². The first-order valence-corrected chi connectivity index (χ1v) is 5.57. The molecule has 13 heavy (non-hydrogen) atoms. The Morgan fingerprint density at radius 1 is 1.23 bits per heavy atom. The number of rotatable bonds is 5. The van der Waals surface area contributed by atoms with Crippen LogP contribution in [0.2, 0.25) is 0 Å². The quantitative estimate of drug-likeness (QED) is 0.603. The second kappa shape index (κ2) is 7.30. The van der Waals surface area contributed by atoms with Crippen LogP contribution < -0.4 is 10.6 Å². The number of nitrogens with one attached hydrogen (secondary N) is 2. The molecule has 1 aliphatic rings. The van der Waals surface area contributed by atoms with Gasteiger partial charge in [-0.1, -0.05) is 6.92 Å². The van der Waals surface area contributed by atoms with E-state index in [4.69, 9.17) is 0 Å². The van der Waals surface area contributed by atoms with Gasteiger partial charge >= 0.3 is 0 Å². The van der Waals surface area contributed by atoms with Crippen molar-refractivity contribution in [3.05, 3.63) is 0 Å². The minimum Gasteiger partial charge on any atom is -0.315 e. The lowest BCUT2D eigenvalue weighted by atomic mass is 10.4. The van der Waals surface area contributed by atoms with Gasteiger partial charge in [-0.3, -0.25) is 0 Å². The maximum Gasteiger partial charge on any atom is 0.0107 e. The van der Waals surface area contributed by atoms with Crippen molar-refractivity contribution in [1.29, 1.82) is 0 Å². The fraction of sp³-hybridized carbons (Fsp3) is 1.00. The number of nitrogens with zero attached hydrogens (tertiary/aromatic N) is 1. The van der Waals surface area contributed by atoms with Gasteiger partial charge in [0.1, 0.15) is 0 Å². The minimum atomic E-state index is 1.15. The highest BCUT2D eigenvalue weighted by Crippen LogP contribution is 1.93. The van der Waals surface area contributed by atoms with Crippen LogP contribution in [0.3, 0.4) is 0 Å². The summed E-state index contributed by atoms with van der Waals surface area (Å²) >= 11 is 0. The summed E-state index contributed by atoms with van der Waals surface area (Å²) in [5.41, 5.74) is 0. The molecule has 3 nitrogen and oxygen atoms in total. The van der Waals surface area contributed by atoms with Crippen LogP contribution in [0.1, 0.15) is 19.8 Å². The molecule has 0 aromatic carbocycles. The lowest BCUT2D eigenvalue weighted by Crippen LogP contribution is -2.34. The number of hydrogen-bond acceptors (Lipinski definition) is 3. The summed E-state index contributed by atoms with van der Waals surface area (Å²) in [5.74, 6) is 0. The van der Waals surface area contributed by atoms with E-state index in [0.717, 1.165) is 19.6 Å². The Hall–Kier alpha value is -0.120. The smallest absolute Gasteiger partial charge is 0.0107 e. The lowest BCUT2D eigenvalue weighted by molar-refractivity contribution is 0.291. The second-order valence-corrected chi connectivity index (χ2v) is 3.70. The van der Waals surface area contributed by atoms with Crippen LogP contribution in [0.25, 0.3) is 0 Å². The van der Waals surface area contributed by atoms with E-state index >= 15 is 0 Å². The molecule has 0 saturated carbocycles. The molecule has 0 spiro atoms. The molecular formula is C10H23N3. The molecule has 0 atom stereocenters. The molecule has 1 rings (SSSR count). The van der Waals surface area contributed by atoms with Crippen LogP contribution in [0.5, 0.6) is 0 Å². The van der Waals surface area contributed by atoms with Crippen molar-refractivity contribution in [2.75, 3.05) is 45.8 Å². The molecule has 1 heterocycles. The maximum atomic E-state index is 3.44. The van der Waals surface area contributed by atoms with Crippen LogP contribution in [-0.2, 0) is 0 Å². The monoisotopic (exact) mass is 185 g/mol. The Bertz CT molecular complexity index is 109. The Kier molecular flexibility index (Phi) is 6.15. The van der Waals surface area contributed by atoms with E-state index in [2.05, 4.69) is 22.5 Å². The number of hydrogen-bond donors (Lipinski definition) is 2. The lowest BCUT2D eigenvalue weighted by Gasteiger charge is -2.19. The van der Waals surface area contributed by atoms with Crippen molar-refractivity contribution in [3.8, 4) is 0 Å². The molecule has 2 N–H and O–H groups in total. The molecule has 0 bridgehead atoms. The molecule has 0 amide bonds. The summed E-state index contributed by atoms with van der Waals surface area (Å²) in [6, 6.07) is 0. The van der Waals surface area contributed by atoms with Gasteiger partial charge in [-0.2, -0.15) is 0 Å². The second-order valence-electron chi connectivity index (χ2n) is 3.70. The first kappa shape index (κ1) is 11.0. The van der Waals surface area contributed by atoms with Crippen molar-refractivity contribution >= 4 is 0 Å². The molecule has 1 aliphatic heterocycles. The van der Waals surface area contributed by atoms with E-state index < -0.39 is 0 Å². The summed E-state index contributed by atoms with van der Waals surface area (Å²) in [6.07, 6.45) is 2.54. The molecule has 0 aliphatic carbocycles. The first-order chi connectivity index (χ1) is 6.43. The average molecular weight is 185 g/mol. The molecule has 1 saturated heterocycles. The summed E-state index contributed by atoms with van der Waals surface area (Å²) in [5, 5.41) is 6.86. The summed E-state index contributed by atoms with van der Waals surface area (Å²) in [7, 11) is 0. The molecule has 0 aromatic rings. The summed E-state index contributed by atoms with van der Waals surface area (Å²) in [6.45, 7) is 10.6. The van der Waals surface area contributed by atoms with Crippen LogP contribution in [0.15, 0.2) is 0 Å². The maximum absolute atomic E-state index is 3.44. The van der Waals surface area contributed by atoms with E-state index in [9.17, 15) is 0 Å². The van der Waals surface area contributed by atoms with Gasteiger partial charge in [-0.15, -0.1) is 0 Å². The van der Waals surface area contributed by atoms with E-state index in [1.165, 1.54) is 39.0 Å². The van der Waals surface area contributed by atoms with Crippen molar-refractivity contribution in [3.63, 3.8) is 0 Å². The van der Waals surface area contributed by atoms with Crippen molar-refractivity contribution in [1.82, 2.24) is 15.5 Å². The van der Waals surface area contributed by atoms with Gasteiger partial charge in [-0.05, 0) is 32.5 Å². The van der Waals surface area contributed by atoms with Gasteiger partial charge < -0.3 is 15.5 Å². The molecule has 0 aromatic heterocycles. The Morgan fingerprint density at radius 2 is 2.15 bits per heavy atom. The van der Waals surface area contributed by atoms with Gasteiger partial charge in [0.2, 0.25) is 0 Å². The van der Waals surface area contributed by atoms with E-state index in [0.29, 0.717) is 0 Å². The molecule has 0 unspecified atom stereocenters. The van der Waals surface area contributed by atoms with Gasteiger partial charge in [0, 0.05) is 26.2 Å². The topological polar surface area (TPSA) is 27.3 Å². The normalized spacial score (nSPS) is 20.1. The fourth-order valence-electron chi connectivity index (χ4n) is 1.66. The molecule has 1 fully saturated rings. The van der Waals surface area contributed by atoms with E-state index in [-0.39, 0.29) is 0 Å². The van der Waals surface area contributed by atoms with Crippen LogP contribution in [-0.4, -0.2) is 50.7 Å². The third-order valence-corrected chi connectivity index (χ3v) is 2.46. The first-order valence-electron chi connectivity index (χ1n) is 5.57. The predicted molar refractivity (Wildman–Crippen MR) is 57.1 cm³/mol. The standard InChI is InChI=1S/C10H23N3/c1-2-4-11-6-9-13-8-3-5-12-7-10-13/h11-12H,2-10H2,1H3. The van der Waals surface area contributed by atoms with E-state index in [1.54, 1.807) is 0 Å². The summed E-state index contributed by atoms with van der Waals surface area (Å²) < 4.78 is 0. The summed E-state index contributed by atoms with van der Waals surface area (Å²) in [4.78, 5) is 2.54. The van der Waals surface area contributed by atoms with Gasteiger partial charge in [0.05, 0.1) is 0 Å². The average Bonchev–Trinajstić information content (AvgIpc) is 2.41. The zero-order valence-corrected chi connectivity index (χ0v) is 8.81. The van der Waals surface area contributed by atoms with Gasteiger partial charge in [0.25, 0.3) is 0 Å². The largest absolute Gasteiger partial charge is 0.315 e. The predicted octanol–water partition coefficient (Wildman–Crippen LogP) is 0.281. The molecule has 0 radical (unpaired) electrons. The van der Waals surface area contributed by atoms with Crippen molar-refractivity contribution < 1.29 is 0 Å². The minimum absolute atomic E-state index is 1.15. The van der Waals surface area contributed by atoms with Crippen LogP contribution in [0.4, 0.5) is 0 Å². The highest BCUT2D eigenvalue weighted by Gasteiger charge is 2.06. The Balaban J connectivity index is 1.98.